The average molecular weight is 371 g/mol. The predicted octanol–water partition coefficient (Wildman–Crippen LogP) is 3.90. The maximum Gasteiger partial charge on any atom is 0.345 e. The first-order valence-electron chi connectivity index (χ1n) is 8.16. The van der Waals surface area contributed by atoms with E-state index in [2.05, 4.69) is 10.3 Å². The van der Waals surface area contributed by atoms with Gasteiger partial charge in [-0.3, -0.25) is 4.79 Å². The quantitative estimate of drug-likeness (QED) is 0.871. The summed E-state index contributed by atoms with van der Waals surface area (Å²) in [4.78, 5) is 29.2. The van der Waals surface area contributed by atoms with Crippen molar-refractivity contribution in [2.24, 2.45) is 4.99 Å². The van der Waals surface area contributed by atoms with E-state index in [1.165, 1.54) is 5.01 Å². The summed E-state index contributed by atoms with van der Waals surface area (Å²) in [6, 6.07) is 13.5. The molecule has 1 atom stereocenters. The van der Waals surface area contributed by atoms with Crippen LogP contribution in [0.5, 0.6) is 0 Å². The smallest absolute Gasteiger partial charge is 0.306 e. The minimum atomic E-state index is -0.603. The zero-order valence-corrected chi connectivity index (χ0v) is 15.5. The van der Waals surface area contributed by atoms with Gasteiger partial charge in [-0.1, -0.05) is 35.9 Å². The van der Waals surface area contributed by atoms with E-state index in [1.54, 1.807) is 30.3 Å². The molecule has 0 bridgehead atoms. The molecule has 1 N–H and O–H groups in total. The average Bonchev–Trinajstić information content (AvgIpc) is 2.82. The van der Waals surface area contributed by atoms with Crippen LogP contribution in [0.2, 0.25) is 5.02 Å². The lowest BCUT2D eigenvalue weighted by Crippen LogP contribution is -2.38. The Labute approximate surface area is 157 Å². The monoisotopic (exact) mass is 370 g/mol. The van der Waals surface area contributed by atoms with Gasteiger partial charge in [0.15, 0.2) is 0 Å². The molecule has 0 aliphatic carbocycles. The van der Waals surface area contributed by atoms with Crippen LogP contribution in [0.25, 0.3) is 0 Å². The molecule has 0 radical (unpaired) electrons. The third kappa shape index (κ3) is 3.47. The summed E-state index contributed by atoms with van der Waals surface area (Å²) in [5.74, 6) is -0.316. The van der Waals surface area contributed by atoms with Gasteiger partial charge in [-0.2, -0.15) is 4.99 Å². The van der Waals surface area contributed by atoms with Gasteiger partial charge in [0.1, 0.15) is 5.71 Å². The van der Waals surface area contributed by atoms with Crippen LogP contribution in [-0.2, 0) is 4.79 Å². The number of hydrazine groups is 1. The zero-order chi connectivity index (χ0) is 18.8. The van der Waals surface area contributed by atoms with E-state index < -0.39 is 6.03 Å². The number of halogens is 1. The van der Waals surface area contributed by atoms with Crippen molar-refractivity contribution in [2.45, 2.75) is 19.9 Å². The molecule has 2 aromatic carbocycles. The Morgan fingerprint density at radius 1 is 1.19 bits per heavy atom. The van der Waals surface area contributed by atoms with Gasteiger partial charge in [0.2, 0.25) is 0 Å². The number of para-hydroxylation sites is 1. The summed E-state index contributed by atoms with van der Waals surface area (Å²) in [6.07, 6.45) is 0. The number of aliphatic imine (C=N–C) groups is 1. The number of aryl methyl sites for hydroxylation is 1. The number of carbonyl (C=O) groups excluding carboxylic acids is 2. The third-order valence-corrected chi connectivity index (χ3v) is 4.58. The van der Waals surface area contributed by atoms with Crippen molar-refractivity contribution in [3.8, 4) is 0 Å². The number of benzene rings is 2. The molecule has 1 unspecified atom stereocenters. The summed E-state index contributed by atoms with van der Waals surface area (Å²) < 4.78 is 0. The van der Waals surface area contributed by atoms with Gasteiger partial charge >= 0.3 is 6.03 Å². The van der Waals surface area contributed by atoms with E-state index >= 15 is 0 Å². The lowest BCUT2D eigenvalue weighted by atomic mass is 10.2. The number of amides is 3. The molecule has 2 aromatic rings. The van der Waals surface area contributed by atoms with E-state index in [1.807, 2.05) is 44.2 Å². The van der Waals surface area contributed by atoms with Crippen LogP contribution in [0.3, 0.4) is 0 Å². The molecule has 7 heteroatoms. The highest BCUT2D eigenvalue weighted by atomic mass is 35.5. The molecule has 3 amide bonds. The molecule has 0 saturated carbocycles. The van der Waals surface area contributed by atoms with Crippen LogP contribution in [-0.4, -0.2) is 35.7 Å². The SMILES string of the molecule is Cc1ccc(Cl)cc1NC(=O)N=C1C(=O)N(c2ccccc2)N(C)C1C. The summed E-state index contributed by atoms with van der Waals surface area (Å²) in [5.41, 5.74) is 2.34. The van der Waals surface area contributed by atoms with Gasteiger partial charge in [0, 0.05) is 17.8 Å². The number of hydrogen-bond acceptors (Lipinski definition) is 3. The highest BCUT2D eigenvalue weighted by Gasteiger charge is 2.40. The molecular weight excluding hydrogens is 352 g/mol. The molecule has 1 saturated heterocycles. The molecular formula is C19H19ClN4O2. The Kier molecular flexibility index (Phi) is 5.06. The van der Waals surface area contributed by atoms with Crippen LogP contribution in [0.4, 0.5) is 16.2 Å². The number of rotatable bonds is 2. The van der Waals surface area contributed by atoms with Crippen LogP contribution < -0.4 is 10.3 Å². The number of carbonyl (C=O) groups is 2. The summed E-state index contributed by atoms with van der Waals surface area (Å²) >= 11 is 5.97. The highest BCUT2D eigenvalue weighted by molar-refractivity contribution is 6.48. The fourth-order valence-corrected chi connectivity index (χ4v) is 2.94. The second kappa shape index (κ2) is 7.27. The van der Waals surface area contributed by atoms with Gasteiger partial charge in [-0.15, -0.1) is 0 Å². The Balaban J connectivity index is 1.85. The highest BCUT2D eigenvalue weighted by Crippen LogP contribution is 2.25. The minimum absolute atomic E-state index is 0.188. The third-order valence-electron chi connectivity index (χ3n) is 4.35. The Bertz CT molecular complexity index is 882. The largest absolute Gasteiger partial charge is 0.345 e. The maximum atomic E-state index is 12.8. The lowest BCUT2D eigenvalue weighted by molar-refractivity contribution is -0.113. The molecule has 26 heavy (non-hydrogen) atoms. The van der Waals surface area contributed by atoms with Crippen molar-refractivity contribution in [3.05, 3.63) is 59.1 Å². The first-order valence-corrected chi connectivity index (χ1v) is 8.54. The van der Waals surface area contributed by atoms with Crippen LogP contribution in [0.1, 0.15) is 12.5 Å². The van der Waals surface area contributed by atoms with Gasteiger partial charge in [0.25, 0.3) is 5.91 Å². The molecule has 1 aliphatic heterocycles. The standard InChI is InChI=1S/C19H19ClN4O2/c1-12-9-10-14(20)11-16(12)21-19(26)22-17-13(2)23(3)24(18(17)25)15-7-5-4-6-8-15/h4-11,13H,1-3H3,(H,21,26). The van der Waals surface area contributed by atoms with Gasteiger partial charge < -0.3 is 5.32 Å². The van der Waals surface area contributed by atoms with E-state index in [9.17, 15) is 9.59 Å². The first kappa shape index (κ1) is 18.1. The fourth-order valence-electron chi connectivity index (χ4n) is 2.77. The molecule has 3 rings (SSSR count). The number of nitrogens with zero attached hydrogens (tertiary/aromatic N) is 3. The molecule has 1 fully saturated rings. The summed E-state index contributed by atoms with van der Waals surface area (Å²) in [6.45, 7) is 3.69. The van der Waals surface area contributed by atoms with Crippen LogP contribution in [0.15, 0.2) is 53.5 Å². The van der Waals surface area contributed by atoms with Crippen molar-refractivity contribution in [2.75, 3.05) is 17.4 Å². The fraction of sp³-hybridized carbons (Fsp3) is 0.211. The molecule has 0 aromatic heterocycles. The number of urea groups is 1. The van der Waals surface area contributed by atoms with Gasteiger partial charge in [-0.05, 0) is 43.7 Å². The number of hydrogen-bond donors (Lipinski definition) is 1. The molecule has 1 heterocycles. The predicted molar refractivity (Wildman–Crippen MR) is 104 cm³/mol. The van der Waals surface area contributed by atoms with Gasteiger partial charge in [-0.25, -0.2) is 14.8 Å². The lowest BCUT2D eigenvalue weighted by Gasteiger charge is -2.25. The van der Waals surface area contributed by atoms with Crippen molar-refractivity contribution in [1.29, 1.82) is 0 Å². The Hall–Kier alpha value is -2.70. The Morgan fingerprint density at radius 2 is 1.88 bits per heavy atom. The Morgan fingerprint density at radius 3 is 2.58 bits per heavy atom. The van der Waals surface area contributed by atoms with Crippen LogP contribution in [0, 0.1) is 6.92 Å². The van der Waals surface area contributed by atoms with E-state index in [4.69, 9.17) is 11.6 Å². The van der Waals surface area contributed by atoms with Crippen molar-refractivity contribution < 1.29 is 9.59 Å². The maximum absolute atomic E-state index is 12.8. The molecule has 0 spiro atoms. The van der Waals surface area contributed by atoms with Crippen LogP contribution >= 0.6 is 11.6 Å². The summed E-state index contributed by atoms with van der Waals surface area (Å²) in [5, 5.41) is 6.47. The van der Waals surface area contributed by atoms with Crippen molar-refractivity contribution in [1.82, 2.24) is 5.01 Å². The number of nitrogens with one attached hydrogen (secondary N) is 1. The molecule has 134 valence electrons. The second-order valence-electron chi connectivity index (χ2n) is 6.09. The molecule has 1 aliphatic rings. The zero-order valence-electron chi connectivity index (χ0n) is 14.7. The van der Waals surface area contributed by atoms with E-state index in [0.29, 0.717) is 10.7 Å². The summed E-state index contributed by atoms with van der Waals surface area (Å²) in [7, 11) is 1.79. The number of anilines is 2. The van der Waals surface area contributed by atoms with Crippen molar-refractivity contribution >= 4 is 40.6 Å². The first-order chi connectivity index (χ1) is 12.4. The second-order valence-corrected chi connectivity index (χ2v) is 6.53. The van der Waals surface area contributed by atoms with E-state index in [-0.39, 0.29) is 17.7 Å². The van der Waals surface area contributed by atoms with Crippen molar-refractivity contribution in [3.63, 3.8) is 0 Å². The topological polar surface area (TPSA) is 65.0 Å². The normalized spacial score (nSPS) is 19.2. The minimum Gasteiger partial charge on any atom is -0.306 e. The van der Waals surface area contributed by atoms with Gasteiger partial charge in [0.05, 0.1) is 11.7 Å². The molecule has 6 nitrogen and oxygen atoms in total. The van der Waals surface area contributed by atoms with E-state index in [0.717, 1.165) is 11.3 Å².